The minimum atomic E-state index is -0.144. The van der Waals surface area contributed by atoms with Crippen molar-refractivity contribution < 1.29 is 14.6 Å². The minimum Gasteiger partial charge on any atom is -0.504 e. The average molecular weight is 403 g/mol. The van der Waals surface area contributed by atoms with Gasteiger partial charge in [0.1, 0.15) is 11.2 Å². The zero-order valence-corrected chi connectivity index (χ0v) is 18.8. The van der Waals surface area contributed by atoms with Crippen molar-refractivity contribution in [2.24, 2.45) is 0 Å². The first-order valence-corrected chi connectivity index (χ1v) is 12.3. The van der Waals surface area contributed by atoms with Crippen LogP contribution < -0.4 is 9.47 Å². The van der Waals surface area contributed by atoms with Gasteiger partial charge in [-0.2, -0.15) is 0 Å². The summed E-state index contributed by atoms with van der Waals surface area (Å²) in [5.41, 5.74) is -0.238. The predicted molar refractivity (Wildman–Crippen MR) is 120 cm³/mol. The maximum atomic E-state index is 10.7. The summed E-state index contributed by atoms with van der Waals surface area (Å²) in [6.07, 6.45) is 18.8. The lowest BCUT2D eigenvalue weighted by Gasteiger charge is -2.41. The van der Waals surface area contributed by atoms with Crippen LogP contribution in [-0.2, 0) is 0 Å². The Balaban J connectivity index is 1.85. The molecule has 0 bridgehead atoms. The Morgan fingerprint density at radius 3 is 1.79 bits per heavy atom. The van der Waals surface area contributed by atoms with Gasteiger partial charge in [0.25, 0.3) is 0 Å². The molecule has 2 fully saturated rings. The van der Waals surface area contributed by atoms with E-state index >= 15 is 0 Å². The Morgan fingerprint density at radius 2 is 1.28 bits per heavy atom. The Kier molecular flexibility index (Phi) is 8.15. The van der Waals surface area contributed by atoms with Crippen LogP contribution in [0, 0.1) is 0 Å². The van der Waals surface area contributed by atoms with E-state index in [0.717, 1.165) is 44.3 Å². The van der Waals surface area contributed by atoms with Crippen molar-refractivity contribution in [2.75, 3.05) is 0 Å². The molecule has 0 aliphatic heterocycles. The van der Waals surface area contributed by atoms with Crippen molar-refractivity contribution in [3.05, 3.63) is 18.2 Å². The smallest absolute Gasteiger partial charge is 0.203 e. The molecule has 1 N–H and O–H groups in total. The number of para-hydroxylation sites is 1. The zero-order valence-electron chi connectivity index (χ0n) is 18.8. The molecular formula is C26H42O3. The van der Waals surface area contributed by atoms with E-state index in [2.05, 4.69) is 13.8 Å². The Bertz CT molecular complexity index is 612. The average Bonchev–Trinajstić information content (AvgIpc) is 2.75. The molecule has 1 aromatic rings. The van der Waals surface area contributed by atoms with Crippen molar-refractivity contribution >= 4 is 0 Å². The number of hydrogen-bond donors (Lipinski definition) is 1. The molecule has 3 heteroatoms. The zero-order chi connectivity index (χ0) is 20.6. The van der Waals surface area contributed by atoms with Gasteiger partial charge in [-0.3, -0.25) is 0 Å². The highest BCUT2D eigenvalue weighted by Crippen LogP contribution is 2.47. The highest BCUT2D eigenvalue weighted by Gasteiger charge is 2.38. The van der Waals surface area contributed by atoms with Gasteiger partial charge in [0.05, 0.1) is 0 Å². The van der Waals surface area contributed by atoms with E-state index in [1.54, 1.807) is 6.07 Å². The fourth-order valence-corrected chi connectivity index (χ4v) is 5.33. The Hall–Kier alpha value is -1.38. The normalized spacial score (nSPS) is 20.9. The molecule has 0 unspecified atom stereocenters. The van der Waals surface area contributed by atoms with Crippen LogP contribution in [0.1, 0.15) is 117 Å². The molecular weight excluding hydrogens is 360 g/mol. The van der Waals surface area contributed by atoms with Crippen molar-refractivity contribution in [2.45, 2.75) is 128 Å². The first-order valence-electron chi connectivity index (χ1n) is 12.3. The van der Waals surface area contributed by atoms with Gasteiger partial charge >= 0.3 is 0 Å². The van der Waals surface area contributed by atoms with Crippen LogP contribution in [-0.4, -0.2) is 16.3 Å². The standard InChI is InChI=1S/C26H42O3/c1-3-5-16-25(18-9-7-10-19-25)28-23-15-13-14-22(27)24(23)29-26(17-6-4-2)20-11-8-12-21-26/h13-15,27H,3-12,16-21H2,1-2H3. The van der Waals surface area contributed by atoms with Crippen LogP contribution in [0.5, 0.6) is 17.2 Å². The van der Waals surface area contributed by atoms with Gasteiger partial charge < -0.3 is 14.6 Å². The molecule has 0 saturated heterocycles. The maximum absolute atomic E-state index is 10.7. The fourth-order valence-electron chi connectivity index (χ4n) is 5.33. The summed E-state index contributed by atoms with van der Waals surface area (Å²) in [6.45, 7) is 4.49. The molecule has 1 aromatic carbocycles. The largest absolute Gasteiger partial charge is 0.504 e. The number of phenolic OH excluding ortho intramolecular Hbond substituents is 1. The van der Waals surface area contributed by atoms with Crippen LogP contribution in [0.25, 0.3) is 0 Å². The molecule has 2 saturated carbocycles. The summed E-state index contributed by atoms with van der Waals surface area (Å²) < 4.78 is 13.5. The number of phenols is 1. The molecule has 3 rings (SSSR count). The first-order chi connectivity index (χ1) is 14.1. The van der Waals surface area contributed by atoms with Crippen LogP contribution in [0.15, 0.2) is 18.2 Å². The fraction of sp³-hybridized carbons (Fsp3) is 0.769. The molecule has 0 atom stereocenters. The minimum absolute atomic E-state index is 0.0939. The summed E-state index contributed by atoms with van der Waals surface area (Å²) in [7, 11) is 0. The second-order valence-corrected chi connectivity index (χ2v) is 9.50. The second kappa shape index (κ2) is 10.6. The number of hydrogen-bond acceptors (Lipinski definition) is 3. The van der Waals surface area contributed by atoms with Crippen LogP contribution in [0.3, 0.4) is 0 Å². The number of benzene rings is 1. The lowest BCUT2D eigenvalue weighted by atomic mass is 9.80. The van der Waals surface area contributed by atoms with E-state index in [1.165, 1.54) is 64.2 Å². The van der Waals surface area contributed by atoms with Gasteiger partial charge in [0, 0.05) is 0 Å². The Labute approximate surface area is 178 Å². The molecule has 2 aliphatic carbocycles. The maximum Gasteiger partial charge on any atom is 0.203 e. The SMILES string of the molecule is CCCCC1(Oc2cccc(O)c2OC2(CCCC)CCCCC2)CCCCC1. The summed E-state index contributed by atoms with van der Waals surface area (Å²) in [5.74, 6) is 1.57. The van der Waals surface area contributed by atoms with Gasteiger partial charge in [0.15, 0.2) is 11.5 Å². The van der Waals surface area contributed by atoms with Gasteiger partial charge in [-0.15, -0.1) is 0 Å². The van der Waals surface area contributed by atoms with Crippen LogP contribution in [0.2, 0.25) is 0 Å². The lowest BCUT2D eigenvalue weighted by molar-refractivity contribution is -0.00544. The Morgan fingerprint density at radius 1 is 0.759 bits per heavy atom. The molecule has 2 aliphatic rings. The predicted octanol–water partition coefficient (Wildman–Crippen LogP) is 7.94. The van der Waals surface area contributed by atoms with Crippen molar-refractivity contribution in [3.8, 4) is 17.2 Å². The van der Waals surface area contributed by atoms with Crippen molar-refractivity contribution in [3.63, 3.8) is 0 Å². The van der Waals surface area contributed by atoms with E-state index in [0.29, 0.717) is 5.75 Å². The number of ether oxygens (including phenoxy) is 2. The summed E-state index contributed by atoms with van der Waals surface area (Å²) >= 11 is 0. The molecule has 0 heterocycles. The summed E-state index contributed by atoms with van der Waals surface area (Å²) in [5, 5.41) is 10.7. The number of rotatable bonds is 10. The molecule has 0 amide bonds. The van der Waals surface area contributed by atoms with Gasteiger partial charge in [-0.25, -0.2) is 0 Å². The lowest BCUT2D eigenvalue weighted by Crippen LogP contribution is -2.40. The van der Waals surface area contributed by atoms with Crippen LogP contribution >= 0.6 is 0 Å². The van der Waals surface area contributed by atoms with Crippen molar-refractivity contribution in [1.82, 2.24) is 0 Å². The van der Waals surface area contributed by atoms with E-state index in [4.69, 9.17) is 9.47 Å². The topological polar surface area (TPSA) is 38.7 Å². The number of unbranched alkanes of at least 4 members (excludes halogenated alkanes) is 2. The first kappa shape index (κ1) is 22.3. The molecule has 0 spiro atoms. The van der Waals surface area contributed by atoms with Crippen molar-refractivity contribution in [1.29, 1.82) is 0 Å². The third-order valence-electron chi connectivity index (χ3n) is 7.10. The molecule has 0 aromatic heterocycles. The van der Waals surface area contributed by atoms with Crippen LogP contribution in [0.4, 0.5) is 0 Å². The molecule has 3 nitrogen and oxygen atoms in total. The highest BCUT2D eigenvalue weighted by atomic mass is 16.5. The van der Waals surface area contributed by atoms with Gasteiger partial charge in [-0.05, 0) is 89.2 Å². The molecule has 0 radical (unpaired) electrons. The summed E-state index contributed by atoms with van der Waals surface area (Å²) in [4.78, 5) is 0. The third kappa shape index (κ3) is 5.83. The van der Waals surface area contributed by atoms with E-state index in [-0.39, 0.29) is 17.0 Å². The highest BCUT2D eigenvalue weighted by molar-refractivity contribution is 5.51. The second-order valence-electron chi connectivity index (χ2n) is 9.50. The van der Waals surface area contributed by atoms with Gasteiger partial charge in [-0.1, -0.05) is 45.6 Å². The number of aromatic hydroxyl groups is 1. The summed E-state index contributed by atoms with van der Waals surface area (Å²) in [6, 6.07) is 5.65. The van der Waals surface area contributed by atoms with E-state index in [1.807, 2.05) is 12.1 Å². The van der Waals surface area contributed by atoms with Gasteiger partial charge in [0.2, 0.25) is 5.75 Å². The van der Waals surface area contributed by atoms with E-state index in [9.17, 15) is 5.11 Å². The van der Waals surface area contributed by atoms with E-state index < -0.39 is 0 Å². The molecule has 164 valence electrons. The third-order valence-corrected chi connectivity index (χ3v) is 7.10. The monoisotopic (exact) mass is 402 g/mol. The molecule has 29 heavy (non-hydrogen) atoms. The quantitative estimate of drug-likeness (QED) is 0.432.